The lowest BCUT2D eigenvalue weighted by Crippen LogP contribution is -2.36. The summed E-state index contributed by atoms with van der Waals surface area (Å²) in [6, 6.07) is 9.57. The van der Waals surface area contributed by atoms with Crippen LogP contribution >= 0.6 is 0 Å². The molecule has 4 rings (SSSR count). The van der Waals surface area contributed by atoms with Crippen molar-refractivity contribution < 1.29 is 4.79 Å². The van der Waals surface area contributed by atoms with E-state index in [1.807, 2.05) is 31.2 Å². The van der Waals surface area contributed by atoms with Gasteiger partial charge in [-0.15, -0.1) is 0 Å². The third kappa shape index (κ3) is 5.22. The summed E-state index contributed by atoms with van der Waals surface area (Å²) in [6.07, 6.45) is 9.96. The van der Waals surface area contributed by atoms with Gasteiger partial charge in [-0.3, -0.25) is 14.2 Å². The maximum absolute atomic E-state index is 13.1. The Labute approximate surface area is 182 Å². The van der Waals surface area contributed by atoms with Crippen LogP contribution in [0.3, 0.4) is 0 Å². The van der Waals surface area contributed by atoms with E-state index in [-0.39, 0.29) is 18.0 Å². The second-order valence-electron chi connectivity index (χ2n) is 8.49. The summed E-state index contributed by atoms with van der Waals surface area (Å²) in [5.74, 6) is 0.654. The van der Waals surface area contributed by atoms with Crippen LogP contribution in [0.2, 0.25) is 0 Å². The zero-order valence-corrected chi connectivity index (χ0v) is 18.1. The van der Waals surface area contributed by atoms with Crippen molar-refractivity contribution in [1.29, 1.82) is 0 Å². The molecule has 1 fully saturated rings. The van der Waals surface area contributed by atoms with Gasteiger partial charge in [0.15, 0.2) is 0 Å². The second-order valence-corrected chi connectivity index (χ2v) is 8.49. The number of amides is 1. The molecule has 1 aliphatic rings. The van der Waals surface area contributed by atoms with E-state index in [0.717, 1.165) is 30.3 Å². The number of carbonyl (C=O) groups excluding carboxylic acids is 1. The molecule has 0 unspecified atom stereocenters. The smallest absolute Gasteiger partial charge is 0.281 e. The molecule has 3 aromatic rings. The summed E-state index contributed by atoms with van der Waals surface area (Å²) in [4.78, 5) is 29.8. The van der Waals surface area contributed by atoms with E-state index in [2.05, 4.69) is 15.6 Å². The molecular weight excluding hydrogens is 390 g/mol. The third-order valence-electron chi connectivity index (χ3n) is 6.08. The number of hydrogen-bond acceptors (Lipinski definition) is 4. The fourth-order valence-electron chi connectivity index (χ4n) is 4.31. The lowest BCUT2D eigenvalue weighted by atomic mass is 9.89. The fraction of sp³-hybridized carbons (Fsp3) is 0.458. The van der Waals surface area contributed by atoms with Gasteiger partial charge in [-0.25, -0.2) is 4.98 Å². The summed E-state index contributed by atoms with van der Waals surface area (Å²) in [5.41, 5.74) is 2.77. The lowest BCUT2D eigenvalue weighted by Gasteiger charge is -2.21. The van der Waals surface area contributed by atoms with Crippen molar-refractivity contribution in [1.82, 2.24) is 24.8 Å². The molecule has 2 N–H and O–H groups in total. The van der Waals surface area contributed by atoms with Crippen LogP contribution in [0.15, 0.2) is 47.7 Å². The van der Waals surface area contributed by atoms with Crippen molar-refractivity contribution in [2.24, 2.45) is 5.92 Å². The minimum atomic E-state index is -0.180. The van der Waals surface area contributed by atoms with Gasteiger partial charge in [0, 0.05) is 25.0 Å². The number of aryl methyl sites for hydroxylation is 1. The fourth-order valence-corrected chi connectivity index (χ4v) is 4.31. The molecule has 0 radical (unpaired) electrons. The molecule has 31 heavy (non-hydrogen) atoms. The highest BCUT2D eigenvalue weighted by molar-refractivity contribution is 5.80. The number of nitrogens with one attached hydrogen (secondary N) is 2. The first kappa shape index (κ1) is 21.3. The molecule has 0 aliphatic heterocycles. The van der Waals surface area contributed by atoms with Crippen LogP contribution in [-0.4, -0.2) is 39.7 Å². The maximum atomic E-state index is 13.1. The normalized spacial score (nSPS) is 14.7. The van der Waals surface area contributed by atoms with Gasteiger partial charge in [0.05, 0.1) is 11.8 Å². The number of aromatic nitrogens is 3. The maximum Gasteiger partial charge on any atom is 0.281 e. The van der Waals surface area contributed by atoms with E-state index in [9.17, 15) is 9.59 Å². The van der Waals surface area contributed by atoms with Crippen molar-refractivity contribution in [2.45, 2.75) is 45.6 Å². The van der Waals surface area contributed by atoms with Gasteiger partial charge in [0.1, 0.15) is 12.1 Å². The quantitative estimate of drug-likeness (QED) is 0.548. The molecule has 0 atom stereocenters. The second kappa shape index (κ2) is 9.92. The Balaban J connectivity index is 1.35. The van der Waals surface area contributed by atoms with Gasteiger partial charge in [-0.2, -0.15) is 0 Å². The van der Waals surface area contributed by atoms with Crippen molar-refractivity contribution >= 4 is 16.9 Å². The predicted octanol–water partition coefficient (Wildman–Crippen LogP) is 2.78. The SMILES string of the molecule is Cc1ccc(-n2ccc3ncn(CC(=O)NCCNCC4CCCCC4)c3c2=O)cc1. The van der Waals surface area contributed by atoms with Gasteiger partial charge in [-0.05, 0) is 50.4 Å². The van der Waals surface area contributed by atoms with E-state index in [4.69, 9.17) is 0 Å². The molecular formula is C24H31N5O2. The minimum absolute atomic E-state index is 0.0757. The van der Waals surface area contributed by atoms with E-state index < -0.39 is 0 Å². The Morgan fingerprint density at radius 3 is 2.65 bits per heavy atom. The Kier molecular flexibility index (Phi) is 6.82. The molecule has 0 spiro atoms. The number of fused-ring (bicyclic) bond motifs is 1. The van der Waals surface area contributed by atoms with Crippen LogP contribution < -0.4 is 16.2 Å². The number of hydrogen-bond donors (Lipinski definition) is 2. The average molecular weight is 422 g/mol. The molecule has 0 bridgehead atoms. The highest BCUT2D eigenvalue weighted by atomic mass is 16.2. The van der Waals surface area contributed by atoms with E-state index in [1.54, 1.807) is 27.7 Å². The number of carbonyl (C=O) groups is 1. The van der Waals surface area contributed by atoms with Gasteiger partial charge in [0.25, 0.3) is 5.56 Å². The van der Waals surface area contributed by atoms with E-state index in [1.165, 1.54) is 32.1 Å². The first-order valence-electron chi connectivity index (χ1n) is 11.2. The minimum Gasteiger partial charge on any atom is -0.353 e. The van der Waals surface area contributed by atoms with Gasteiger partial charge in [-0.1, -0.05) is 37.0 Å². The molecule has 7 heteroatoms. The Hall–Kier alpha value is -2.93. The average Bonchev–Trinajstić information content (AvgIpc) is 3.19. The van der Waals surface area contributed by atoms with Gasteiger partial charge >= 0.3 is 0 Å². The molecule has 1 amide bonds. The van der Waals surface area contributed by atoms with E-state index in [0.29, 0.717) is 17.6 Å². The summed E-state index contributed by atoms with van der Waals surface area (Å²) in [7, 11) is 0. The molecule has 2 aromatic heterocycles. The predicted molar refractivity (Wildman–Crippen MR) is 123 cm³/mol. The molecule has 7 nitrogen and oxygen atoms in total. The number of nitrogens with zero attached hydrogens (tertiary/aromatic N) is 3. The third-order valence-corrected chi connectivity index (χ3v) is 6.08. The number of imidazole rings is 1. The summed E-state index contributed by atoms with van der Waals surface area (Å²) < 4.78 is 3.22. The summed E-state index contributed by atoms with van der Waals surface area (Å²) in [6.45, 7) is 4.45. The zero-order valence-electron chi connectivity index (χ0n) is 18.1. The number of pyridine rings is 1. The monoisotopic (exact) mass is 421 g/mol. The Bertz CT molecular complexity index is 1080. The number of rotatable bonds is 8. The lowest BCUT2D eigenvalue weighted by molar-refractivity contribution is -0.121. The summed E-state index contributed by atoms with van der Waals surface area (Å²) >= 11 is 0. The molecule has 1 saturated carbocycles. The van der Waals surface area contributed by atoms with Crippen LogP contribution in [0.25, 0.3) is 16.7 Å². The highest BCUT2D eigenvalue weighted by Gasteiger charge is 2.14. The van der Waals surface area contributed by atoms with Crippen LogP contribution in [0.4, 0.5) is 0 Å². The Morgan fingerprint density at radius 1 is 1.10 bits per heavy atom. The van der Waals surface area contributed by atoms with Crippen molar-refractivity contribution in [3.05, 3.63) is 58.8 Å². The van der Waals surface area contributed by atoms with Crippen LogP contribution in [0, 0.1) is 12.8 Å². The van der Waals surface area contributed by atoms with Crippen molar-refractivity contribution in [3.8, 4) is 5.69 Å². The molecule has 0 saturated heterocycles. The number of benzene rings is 1. The highest BCUT2D eigenvalue weighted by Crippen LogP contribution is 2.22. The van der Waals surface area contributed by atoms with E-state index >= 15 is 0 Å². The molecule has 1 aromatic carbocycles. The molecule has 2 heterocycles. The van der Waals surface area contributed by atoms with Gasteiger partial charge in [0.2, 0.25) is 5.91 Å². The molecule has 164 valence electrons. The van der Waals surface area contributed by atoms with Crippen LogP contribution in [0.1, 0.15) is 37.7 Å². The largest absolute Gasteiger partial charge is 0.353 e. The first-order chi connectivity index (χ1) is 15.1. The first-order valence-corrected chi connectivity index (χ1v) is 11.2. The van der Waals surface area contributed by atoms with Crippen LogP contribution in [-0.2, 0) is 11.3 Å². The standard InChI is InChI=1S/C24H31N5O2/c1-18-7-9-20(10-8-18)29-14-11-21-23(24(29)31)28(17-27-21)16-22(30)26-13-12-25-15-19-5-3-2-4-6-19/h7-11,14,17,19,25H,2-6,12-13,15-16H2,1H3,(H,26,30). The topological polar surface area (TPSA) is 81.0 Å². The zero-order chi connectivity index (χ0) is 21.6. The van der Waals surface area contributed by atoms with Crippen molar-refractivity contribution in [3.63, 3.8) is 0 Å². The van der Waals surface area contributed by atoms with Crippen molar-refractivity contribution in [2.75, 3.05) is 19.6 Å². The van der Waals surface area contributed by atoms with Gasteiger partial charge < -0.3 is 15.2 Å². The van der Waals surface area contributed by atoms with Crippen LogP contribution in [0.5, 0.6) is 0 Å². The summed E-state index contributed by atoms with van der Waals surface area (Å²) in [5, 5.41) is 6.39. The Morgan fingerprint density at radius 2 is 1.87 bits per heavy atom. The molecule has 1 aliphatic carbocycles.